The molecule has 0 bridgehead atoms. The lowest BCUT2D eigenvalue weighted by Gasteiger charge is -2.22. The number of fused-ring (bicyclic) bond motifs is 1. The van der Waals surface area contributed by atoms with E-state index in [-0.39, 0.29) is 11.7 Å². The smallest absolute Gasteiger partial charge is 0.234 e. The number of carbonyl (C=O) groups is 1. The van der Waals surface area contributed by atoms with Crippen molar-refractivity contribution in [3.05, 3.63) is 71.4 Å². The number of hydrogen-bond acceptors (Lipinski definition) is 6. The Labute approximate surface area is 185 Å². The van der Waals surface area contributed by atoms with Gasteiger partial charge >= 0.3 is 0 Å². The molecule has 1 N–H and O–H groups in total. The summed E-state index contributed by atoms with van der Waals surface area (Å²) >= 11 is 1.28. The normalized spacial score (nSPS) is 12.5. The molecule has 2 heterocycles. The fourth-order valence-electron chi connectivity index (χ4n) is 3.49. The summed E-state index contributed by atoms with van der Waals surface area (Å²) in [6.07, 6.45) is 0.687. The maximum atomic E-state index is 12.5. The zero-order valence-corrected chi connectivity index (χ0v) is 17.9. The number of nitriles is 1. The van der Waals surface area contributed by atoms with E-state index in [4.69, 9.17) is 14.5 Å². The quantitative estimate of drug-likeness (QED) is 0.581. The van der Waals surface area contributed by atoms with Crippen LogP contribution in [0.2, 0.25) is 0 Å². The van der Waals surface area contributed by atoms with E-state index in [0.717, 1.165) is 28.1 Å². The van der Waals surface area contributed by atoms with Crippen molar-refractivity contribution in [2.75, 3.05) is 24.8 Å². The first-order valence-corrected chi connectivity index (χ1v) is 10.8. The van der Waals surface area contributed by atoms with Crippen LogP contribution in [0.5, 0.6) is 5.75 Å². The first-order valence-electron chi connectivity index (χ1n) is 9.85. The average Bonchev–Trinajstić information content (AvgIpc) is 2.82. The van der Waals surface area contributed by atoms with Gasteiger partial charge in [-0.2, -0.15) is 5.26 Å². The maximum absolute atomic E-state index is 12.5. The number of hydrogen-bond donors (Lipinski definition) is 1. The van der Waals surface area contributed by atoms with Gasteiger partial charge in [-0.05, 0) is 29.8 Å². The highest BCUT2D eigenvalue weighted by molar-refractivity contribution is 8.00. The standard InChI is InChI=1S/C24H21N3O3S/c1-29-18-9-7-17(8-10-18)26-22(28)15-31-24-19(13-25)23(16-5-3-2-4-6-16)20-14-30-12-11-21(20)27-24/h2-10H,11-12,14-15H2,1H3,(H,26,28). The first kappa shape index (κ1) is 20.9. The van der Waals surface area contributed by atoms with E-state index < -0.39 is 0 Å². The van der Waals surface area contributed by atoms with Gasteiger partial charge in [0.2, 0.25) is 5.91 Å². The average molecular weight is 432 g/mol. The number of benzene rings is 2. The van der Waals surface area contributed by atoms with Crippen molar-refractivity contribution in [3.63, 3.8) is 0 Å². The van der Waals surface area contributed by atoms with Gasteiger partial charge in [0.25, 0.3) is 0 Å². The van der Waals surface area contributed by atoms with Crippen LogP contribution in [0.3, 0.4) is 0 Å². The van der Waals surface area contributed by atoms with Crippen LogP contribution in [0.4, 0.5) is 5.69 Å². The largest absolute Gasteiger partial charge is 0.497 e. The van der Waals surface area contributed by atoms with Gasteiger partial charge in [0.05, 0.1) is 37.3 Å². The van der Waals surface area contributed by atoms with Crippen molar-refractivity contribution in [1.29, 1.82) is 5.26 Å². The Balaban J connectivity index is 1.59. The molecule has 0 atom stereocenters. The zero-order valence-electron chi connectivity index (χ0n) is 17.1. The van der Waals surface area contributed by atoms with Crippen molar-refractivity contribution in [3.8, 4) is 22.9 Å². The number of ether oxygens (including phenoxy) is 2. The van der Waals surface area contributed by atoms with Gasteiger partial charge in [0.15, 0.2) is 0 Å². The molecule has 1 aliphatic heterocycles. The molecule has 156 valence electrons. The van der Waals surface area contributed by atoms with E-state index in [2.05, 4.69) is 11.4 Å². The second kappa shape index (κ2) is 9.65. The highest BCUT2D eigenvalue weighted by atomic mass is 32.2. The van der Waals surface area contributed by atoms with Crippen LogP contribution in [0, 0.1) is 11.3 Å². The van der Waals surface area contributed by atoms with Crippen molar-refractivity contribution in [1.82, 2.24) is 4.98 Å². The third kappa shape index (κ3) is 4.71. The maximum Gasteiger partial charge on any atom is 0.234 e. The Morgan fingerprint density at radius 2 is 2.00 bits per heavy atom. The lowest BCUT2D eigenvalue weighted by molar-refractivity contribution is -0.113. The molecule has 6 nitrogen and oxygen atoms in total. The predicted octanol–water partition coefficient (Wildman–Crippen LogP) is 4.43. The second-order valence-electron chi connectivity index (χ2n) is 6.94. The van der Waals surface area contributed by atoms with E-state index in [0.29, 0.717) is 35.9 Å². The Hall–Kier alpha value is -3.34. The molecule has 1 aromatic heterocycles. The van der Waals surface area contributed by atoms with Crippen LogP contribution in [0.25, 0.3) is 11.1 Å². The van der Waals surface area contributed by atoms with E-state index >= 15 is 0 Å². The number of rotatable bonds is 6. The zero-order chi connectivity index (χ0) is 21.6. The third-order valence-corrected chi connectivity index (χ3v) is 5.94. The van der Waals surface area contributed by atoms with Crippen LogP contribution in [0.1, 0.15) is 16.8 Å². The molecule has 0 unspecified atom stereocenters. The molecule has 31 heavy (non-hydrogen) atoms. The van der Waals surface area contributed by atoms with Crippen LogP contribution in [-0.4, -0.2) is 30.4 Å². The summed E-state index contributed by atoms with van der Waals surface area (Å²) < 4.78 is 10.8. The molecular weight excluding hydrogens is 410 g/mol. The molecule has 2 aromatic carbocycles. The first-order chi connectivity index (χ1) is 15.2. The summed E-state index contributed by atoms with van der Waals surface area (Å²) in [4.78, 5) is 17.2. The molecule has 7 heteroatoms. The topological polar surface area (TPSA) is 84.2 Å². The monoisotopic (exact) mass is 431 g/mol. The van der Waals surface area contributed by atoms with Crippen LogP contribution >= 0.6 is 11.8 Å². The fourth-order valence-corrected chi connectivity index (χ4v) is 4.30. The fraction of sp³-hybridized carbons (Fsp3) is 0.208. The number of nitrogens with zero attached hydrogens (tertiary/aromatic N) is 2. The number of nitrogens with one attached hydrogen (secondary N) is 1. The molecule has 4 rings (SSSR count). The number of methoxy groups -OCH3 is 1. The minimum absolute atomic E-state index is 0.150. The summed E-state index contributed by atoms with van der Waals surface area (Å²) in [6, 6.07) is 19.3. The highest BCUT2D eigenvalue weighted by Gasteiger charge is 2.24. The van der Waals surface area contributed by atoms with Gasteiger partial charge in [0, 0.05) is 23.2 Å². The van der Waals surface area contributed by atoms with E-state index in [1.54, 1.807) is 31.4 Å². The highest BCUT2D eigenvalue weighted by Crippen LogP contribution is 2.36. The van der Waals surface area contributed by atoms with Gasteiger partial charge in [-0.15, -0.1) is 0 Å². The van der Waals surface area contributed by atoms with Gasteiger partial charge in [-0.25, -0.2) is 4.98 Å². The number of anilines is 1. The molecule has 0 radical (unpaired) electrons. The van der Waals surface area contributed by atoms with Gasteiger partial charge in [0.1, 0.15) is 16.8 Å². The van der Waals surface area contributed by atoms with E-state index in [9.17, 15) is 10.1 Å². The van der Waals surface area contributed by atoms with Crippen molar-refractivity contribution >= 4 is 23.4 Å². The summed E-state index contributed by atoms with van der Waals surface area (Å²) in [7, 11) is 1.60. The summed E-state index contributed by atoms with van der Waals surface area (Å²) in [5, 5.41) is 13.4. The molecule has 1 aliphatic rings. The molecule has 0 fully saturated rings. The van der Waals surface area contributed by atoms with Crippen molar-refractivity contribution in [2.24, 2.45) is 0 Å². The Morgan fingerprint density at radius 1 is 1.23 bits per heavy atom. The van der Waals surface area contributed by atoms with Crippen LogP contribution in [-0.2, 0) is 22.6 Å². The van der Waals surface area contributed by atoms with Gasteiger partial charge in [-0.3, -0.25) is 4.79 Å². The molecule has 1 amide bonds. The number of pyridine rings is 1. The summed E-state index contributed by atoms with van der Waals surface area (Å²) in [5.74, 6) is 0.710. The van der Waals surface area contributed by atoms with Crippen LogP contribution in [0.15, 0.2) is 59.6 Å². The van der Waals surface area contributed by atoms with Gasteiger partial charge in [-0.1, -0.05) is 42.1 Å². The second-order valence-corrected chi connectivity index (χ2v) is 7.90. The van der Waals surface area contributed by atoms with Crippen LogP contribution < -0.4 is 10.1 Å². The number of aromatic nitrogens is 1. The summed E-state index contributed by atoms with van der Waals surface area (Å²) in [6.45, 7) is 1.03. The van der Waals surface area contributed by atoms with Crippen molar-refractivity contribution in [2.45, 2.75) is 18.1 Å². The minimum atomic E-state index is -0.164. The van der Waals surface area contributed by atoms with Gasteiger partial charge < -0.3 is 14.8 Å². The molecule has 0 aliphatic carbocycles. The lowest BCUT2D eigenvalue weighted by Crippen LogP contribution is -2.17. The Bertz CT molecular complexity index is 1130. The molecular formula is C24H21N3O3S. The summed E-state index contributed by atoms with van der Waals surface area (Å²) in [5.41, 5.74) is 4.87. The number of thioether (sulfide) groups is 1. The molecule has 0 saturated carbocycles. The molecule has 0 saturated heterocycles. The molecule has 3 aromatic rings. The predicted molar refractivity (Wildman–Crippen MR) is 120 cm³/mol. The molecule has 0 spiro atoms. The Morgan fingerprint density at radius 3 is 2.71 bits per heavy atom. The van der Waals surface area contributed by atoms with Crippen molar-refractivity contribution < 1.29 is 14.3 Å². The number of amides is 1. The minimum Gasteiger partial charge on any atom is -0.497 e. The SMILES string of the molecule is COc1ccc(NC(=O)CSc2nc3c(c(-c4ccccc4)c2C#N)COCC3)cc1. The van der Waals surface area contributed by atoms with E-state index in [1.165, 1.54) is 11.8 Å². The Kier molecular flexibility index (Phi) is 6.51. The number of carbonyl (C=O) groups excluding carboxylic acids is 1. The lowest BCUT2D eigenvalue weighted by atomic mass is 9.93. The van der Waals surface area contributed by atoms with E-state index in [1.807, 2.05) is 30.3 Å². The third-order valence-electron chi connectivity index (χ3n) is 4.97.